The number of ether oxygens (including phenoxy) is 1. The van der Waals surface area contributed by atoms with Crippen LogP contribution in [0.2, 0.25) is 0 Å². The van der Waals surface area contributed by atoms with Crippen molar-refractivity contribution >= 4 is 11.7 Å². The van der Waals surface area contributed by atoms with Crippen LogP contribution in [0.15, 0.2) is 24.3 Å². The van der Waals surface area contributed by atoms with Gasteiger partial charge < -0.3 is 15.8 Å². The molecule has 15 heavy (non-hydrogen) atoms. The van der Waals surface area contributed by atoms with Gasteiger partial charge in [0.1, 0.15) is 0 Å². The monoisotopic (exact) mass is 208 g/mol. The summed E-state index contributed by atoms with van der Waals surface area (Å²) < 4.78 is 4.87. The molecule has 0 saturated heterocycles. The minimum atomic E-state index is -0.289. The second-order valence-electron chi connectivity index (χ2n) is 3.01. The molecule has 0 atom stereocenters. The molecule has 0 aromatic heterocycles. The van der Waals surface area contributed by atoms with Crippen molar-refractivity contribution in [2.75, 3.05) is 25.0 Å². The van der Waals surface area contributed by atoms with E-state index in [0.29, 0.717) is 18.7 Å². The summed E-state index contributed by atoms with van der Waals surface area (Å²) in [5, 5.41) is 3.12. The lowest BCUT2D eigenvalue weighted by molar-refractivity contribution is 0.0526. The van der Waals surface area contributed by atoms with Gasteiger partial charge in [-0.15, -0.1) is 0 Å². The van der Waals surface area contributed by atoms with Gasteiger partial charge in [0.25, 0.3) is 0 Å². The topological polar surface area (TPSA) is 64.3 Å². The molecule has 0 radical (unpaired) electrons. The molecule has 1 aromatic rings. The highest BCUT2D eigenvalue weighted by molar-refractivity contribution is 5.89. The van der Waals surface area contributed by atoms with Crippen molar-refractivity contribution in [3.63, 3.8) is 0 Å². The Bertz CT molecular complexity index is 309. The summed E-state index contributed by atoms with van der Waals surface area (Å²) in [5.41, 5.74) is 6.87. The lowest BCUT2D eigenvalue weighted by Crippen LogP contribution is -2.13. The zero-order valence-corrected chi connectivity index (χ0v) is 8.82. The molecule has 0 aliphatic heterocycles. The zero-order chi connectivity index (χ0) is 11.1. The highest BCUT2D eigenvalue weighted by Crippen LogP contribution is 2.09. The molecule has 4 nitrogen and oxygen atoms in total. The van der Waals surface area contributed by atoms with Gasteiger partial charge in [0.15, 0.2) is 0 Å². The van der Waals surface area contributed by atoms with Crippen molar-refractivity contribution in [3.8, 4) is 0 Å². The number of rotatable bonds is 5. The van der Waals surface area contributed by atoms with E-state index in [1.165, 1.54) is 0 Å². The number of nitrogens with one attached hydrogen (secondary N) is 1. The van der Waals surface area contributed by atoms with Crippen LogP contribution < -0.4 is 11.1 Å². The van der Waals surface area contributed by atoms with E-state index in [1.54, 1.807) is 19.1 Å². The van der Waals surface area contributed by atoms with Crippen LogP contribution in [-0.4, -0.2) is 25.7 Å². The average molecular weight is 208 g/mol. The van der Waals surface area contributed by atoms with Gasteiger partial charge in [0.05, 0.1) is 12.2 Å². The Kier molecular flexibility index (Phi) is 4.63. The predicted molar refractivity (Wildman–Crippen MR) is 59.9 cm³/mol. The lowest BCUT2D eigenvalue weighted by atomic mass is 10.2. The molecule has 1 aromatic carbocycles. The minimum Gasteiger partial charge on any atom is -0.462 e. The SMILES string of the molecule is CCOC(=O)c1ccc(NCCN)cc1. The fourth-order valence-corrected chi connectivity index (χ4v) is 1.16. The fraction of sp³-hybridized carbons (Fsp3) is 0.364. The highest BCUT2D eigenvalue weighted by Gasteiger charge is 2.04. The Morgan fingerprint density at radius 3 is 2.60 bits per heavy atom. The number of carbonyl (C=O) groups excluding carboxylic acids is 1. The van der Waals surface area contributed by atoms with Gasteiger partial charge in [-0.05, 0) is 31.2 Å². The van der Waals surface area contributed by atoms with Gasteiger partial charge in [-0.2, -0.15) is 0 Å². The molecule has 3 N–H and O–H groups in total. The largest absolute Gasteiger partial charge is 0.462 e. The predicted octanol–water partition coefficient (Wildman–Crippen LogP) is 1.23. The summed E-state index contributed by atoms with van der Waals surface area (Å²) in [5.74, 6) is -0.289. The van der Waals surface area contributed by atoms with Crippen LogP contribution in [0.1, 0.15) is 17.3 Å². The first-order valence-electron chi connectivity index (χ1n) is 4.99. The summed E-state index contributed by atoms with van der Waals surface area (Å²) in [4.78, 5) is 11.3. The van der Waals surface area contributed by atoms with Crippen LogP contribution in [0.4, 0.5) is 5.69 Å². The van der Waals surface area contributed by atoms with Crippen LogP contribution >= 0.6 is 0 Å². The van der Waals surface area contributed by atoms with Gasteiger partial charge in [-0.3, -0.25) is 0 Å². The molecule has 0 saturated carbocycles. The van der Waals surface area contributed by atoms with Crippen molar-refractivity contribution in [1.29, 1.82) is 0 Å². The smallest absolute Gasteiger partial charge is 0.338 e. The molecule has 0 bridgehead atoms. The third-order valence-corrected chi connectivity index (χ3v) is 1.87. The van der Waals surface area contributed by atoms with Crippen LogP contribution in [0, 0.1) is 0 Å². The van der Waals surface area contributed by atoms with Crippen molar-refractivity contribution in [2.24, 2.45) is 5.73 Å². The highest BCUT2D eigenvalue weighted by atomic mass is 16.5. The number of hydrogen-bond donors (Lipinski definition) is 2. The Labute approximate surface area is 89.4 Å². The molecule has 4 heteroatoms. The normalized spacial score (nSPS) is 9.73. The summed E-state index contributed by atoms with van der Waals surface area (Å²) in [6, 6.07) is 7.14. The molecular weight excluding hydrogens is 192 g/mol. The number of carbonyl (C=O) groups is 1. The van der Waals surface area contributed by atoms with Gasteiger partial charge in [0.2, 0.25) is 0 Å². The summed E-state index contributed by atoms with van der Waals surface area (Å²) in [7, 11) is 0. The lowest BCUT2D eigenvalue weighted by Gasteiger charge is -2.05. The first kappa shape index (κ1) is 11.5. The van der Waals surface area contributed by atoms with Gasteiger partial charge in [-0.25, -0.2) is 4.79 Å². The van der Waals surface area contributed by atoms with Crippen molar-refractivity contribution in [3.05, 3.63) is 29.8 Å². The summed E-state index contributed by atoms with van der Waals surface area (Å²) in [6.07, 6.45) is 0. The van der Waals surface area contributed by atoms with E-state index in [4.69, 9.17) is 10.5 Å². The Morgan fingerprint density at radius 1 is 1.40 bits per heavy atom. The number of esters is 1. The Hall–Kier alpha value is -1.55. The second-order valence-corrected chi connectivity index (χ2v) is 3.01. The fourth-order valence-electron chi connectivity index (χ4n) is 1.16. The van der Waals surface area contributed by atoms with Crippen LogP contribution in [0.25, 0.3) is 0 Å². The van der Waals surface area contributed by atoms with Crippen LogP contribution in [0.5, 0.6) is 0 Å². The third kappa shape index (κ3) is 3.59. The van der Waals surface area contributed by atoms with E-state index in [0.717, 1.165) is 12.2 Å². The van der Waals surface area contributed by atoms with Crippen molar-refractivity contribution in [1.82, 2.24) is 0 Å². The van der Waals surface area contributed by atoms with E-state index in [1.807, 2.05) is 12.1 Å². The Balaban J connectivity index is 2.59. The molecule has 0 spiro atoms. The van der Waals surface area contributed by atoms with Crippen molar-refractivity contribution in [2.45, 2.75) is 6.92 Å². The summed E-state index contributed by atoms with van der Waals surface area (Å²) in [6.45, 7) is 3.49. The average Bonchev–Trinajstić information content (AvgIpc) is 2.27. The van der Waals surface area contributed by atoms with Gasteiger partial charge >= 0.3 is 5.97 Å². The molecule has 0 heterocycles. The quantitative estimate of drug-likeness (QED) is 0.714. The first-order valence-corrected chi connectivity index (χ1v) is 4.99. The molecule has 82 valence electrons. The molecule has 0 fully saturated rings. The Morgan fingerprint density at radius 2 is 2.07 bits per heavy atom. The van der Waals surface area contributed by atoms with Gasteiger partial charge in [0, 0.05) is 18.8 Å². The second kappa shape index (κ2) is 6.03. The molecule has 0 amide bonds. The van der Waals surface area contributed by atoms with E-state index >= 15 is 0 Å². The molecular formula is C11H16N2O2. The number of hydrogen-bond acceptors (Lipinski definition) is 4. The van der Waals surface area contributed by atoms with Gasteiger partial charge in [-0.1, -0.05) is 0 Å². The standard InChI is InChI=1S/C11H16N2O2/c1-2-15-11(14)9-3-5-10(6-4-9)13-8-7-12/h3-6,13H,2,7-8,12H2,1H3. The van der Waals surface area contributed by atoms with E-state index in [-0.39, 0.29) is 5.97 Å². The molecule has 0 aliphatic rings. The van der Waals surface area contributed by atoms with Crippen LogP contribution in [0.3, 0.4) is 0 Å². The minimum absolute atomic E-state index is 0.289. The zero-order valence-electron chi connectivity index (χ0n) is 8.82. The molecule has 0 aliphatic carbocycles. The maximum Gasteiger partial charge on any atom is 0.338 e. The van der Waals surface area contributed by atoms with E-state index in [2.05, 4.69) is 5.32 Å². The number of benzene rings is 1. The third-order valence-electron chi connectivity index (χ3n) is 1.87. The number of anilines is 1. The first-order chi connectivity index (χ1) is 7.27. The number of nitrogens with two attached hydrogens (primary N) is 1. The van der Waals surface area contributed by atoms with Crippen molar-refractivity contribution < 1.29 is 9.53 Å². The molecule has 1 rings (SSSR count). The van der Waals surface area contributed by atoms with Crippen LogP contribution in [-0.2, 0) is 4.74 Å². The molecule has 0 unspecified atom stereocenters. The maximum absolute atomic E-state index is 11.3. The summed E-state index contributed by atoms with van der Waals surface area (Å²) >= 11 is 0. The maximum atomic E-state index is 11.3. The van der Waals surface area contributed by atoms with E-state index in [9.17, 15) is 4.79 Å². The van der Waals surface area contributed by atoms with E-state index < -0.39 is 0 Å².